The highest BCUT2D eigenvalue weighted by molar-refractivity contribution is 14.0. The van der Waals surface area contributed by atoms with Gasteiger partial charge in [-0.15, -0.1) is 34.2 Å². The smallest absolute Gasteiger partial charge is 0.191 e. The van der Waals surface area contributed by atoms with Crippen molar-refractivity contribution in [3.8, 4) is 5.75 Å². The van der Waals surface area contributed by atoms with Gasteiger partial charge in [0.25, 0.3) is 0 Å². The zero-order valence-corrected chi connectivity index (χ0v) is 21.0. The highest BCUT2D eigenvalue weighted by Crippen LogP contribution is 2.31. The SMILES string of the molecule is CCc1nncn1CCNC(=NCCc1ccccc1F)NC1CCOc2ccccc21.I. The lowest BCUT2D eigenvalue weighted by Gasteiger charge is -2.28. The number of nitrogens with zero attached hydrogens (tertiary/aromatic N) is 4. The molecule has 1 atom stereocenters. The largest absolute Gasteiger partial charge is 0.493 e. The fraction of sp³-hybridized carbons (Fsp3) is 0.375. The number of para-hydroxylation sites is 1. The zero-order valence-electron chi connectivity index (χ0n) is 18.7. The number of nitrogens with one attached hydrogen (secondary N) is 2. The number of hydrogen-bond donors (Lipinski definition) is 2. The molecule has 2 N–H and O–H groups in total. The second-order valence-corrected chi connectivity index (χ2v) is 7.66. The first-order valence-corrected chi connectivity index (χ1v) is 11.1. The van der Waals surface area contributed by atoms with Crippen LogP contribution in [-0.2, 0) is 19.4 Å². The molecule has 9 heteroatoms. The minimum atomic E-state index is -0.191. The predicted molar refractivity (Wildman–Crippen MR) is 138 cm³/mol. The van der Waals surface area contributed by atoms with Gasteiger partial charge in [0.2, 0.25) is 0 Å². The van der Waals surface area contributed by atoms with Crippen molar-refractivity contribution in [3.05, 3.63) is 77.6 Å². The van der Waals surface area contributed by atoms with Crippen LogP contribution in [-0.4, -0.2) is 40.4 Å². The van der Waals surface area contributed by atoms with E-state index in [2.05, 4.69) is 33.8 Å². The van der Waals surface area contributed by atoms with E-state index in [1.807, 2.05) is 28.8 Å². The van der Waals surface area contributed by atoms with Crippen LogP contribution >= 0.6 is 24.0 Å². The van der Waals surface area contributed by atoms with Crippen LogP contribution in [0.25, 0.3) is 0 Å². The molecule has 0 amide bonds. The minimum Gasteiger partial charge on any atom is -0.493 e. The zero-order chi connectivity index (χ0) is 22.2. The number of guanidine groups is 1. The van der Waals surface area contributed by atoms with Crippen molar-refractivity contribution in [1.29, 1.82) is 0 Å². The number of fused-ring (bicyclic) bond motifs is 1. The molecule has 1 aliphatic heterocycles. The molecular formula is C24H30FIN6O. The Morgan fingerprint density at radius 3 is 2.88 bits per heavy atom. The second-order valence-electron chi connectivity index (χ2n) is 7.66. The lowest BCUT2D eigenvalue weighted by Crippen LogP contribution is -2.42. The van der Waals surface area contributed by atoms with Crippen molar-refractivity contribution in [3.63, 3.8) is 0 Å². The van der Waals surface area contributed by atoms with Gasteiger partial charge in [-0.05, 0) is 24.1 Å². The first-order chi connectivity index (χ1) is 15.7. The van der Waals surface area contributed by atoms with Gasteiger partial charge in [0.05, 0.1) is 12.6 Å². The number of hydrogen-bond acceptors (Lipinski definition) is 4. The molecule has 33 heavy (non-hydrogen) atoms. The Labute approximate surface area is 210 Å². The molecule has 2 aromatic carbocycles. The van der Waals surface area contributed by atoms with Crippen molar-refractivity contribution < 1.29 is 9.13 Å². The van der Waals surface area contributed by atoms with E-state index in [9.17, 15) is 4.39 Å². The molecule has 0 bridgehead atoms. The van der Waals surface area contributed by atoms with Gasteiger partial charge in [-0.2, -0.15) is 0 Å². The Balaban J connectivity index is 0.00000306. The van der Waals surface area contributed by atoms with Crippen molar-refractivity contribution in [2.45, 2.75) is 38.8 Å². The van der Waals surface area contributed by atoms with Gasteiger partial charge in [-0.1, -0.05) is 43.3 Å². The fourth-order valence-corrected chi connectivity index (χ4v) is 3.83. The molecule has 0 spiro atoms. The highest BCUT2D eigenvalue weighted by Gasteiger charge is 2.22. The quantitative estimate of drug-likeness (QED) is 0.247. The van der Waals surface area contributed by atoms with Gasteiger partial charge < -0.3 is 19.9 Å². The molecule has 4 rings (SSSR count). The molecule has 0 saturated carbocycles. The van der Waals surface area contributed by atoms with Crippen molar-refractivity contribution in [2.24, 2.45) is 4.99 Å². The summed E-state index contributed by atoms with van der Waals surface area (Å²) < 4.78 is 21.8. The number of ether oxygens (including phenoxy) is 1. The van der Waals surface area contributed by atoms with Crippen LogP contribution in [0.4, 0.5) is 4.39 Å². The third-order valence-corrected chi connectivity index (χ3v) is 5.54. The fourth-order valence-electron chi connectivity index (χ4n) is 3.83. The van der Waals surface area contributed by atoms with Gasteiger partial charge in [-0.3, -0.25) is 4.99 Å². The molecule has 3 aromatic rings. The summed E-state index contributed by atoms with van der Waals surface area (Å²) in [5, 5.41) is 15.1. The first kappa shape index (κ1) is 24.9. The summed E-state index contributed by atoms with van der Waals surface area (Å²) in [5.74, 6) is 2.37. The molecule has 1 aromatic heterocycles. The van der Waals surface area contributed by atoms with Crippen LogP contribution in [0.2, 0.25) is 0 Å². The second kappa shape index (κ2) is 12.5. The van der Waals surface area contributed by atoms with E-state index in [0.29, 0.717) is 37.6 Å². The van der Waals surface area contributed by atoms with Crippen LogP contribution in [0, 0.1) is 5.82 Å². The number of halogens is 2. The highest BCUT2D eigenvalue weighted by atomic mass is 127. The number of aliphatic imine (C=N–C) groups is 1. The maximum atomic E-state index is 14.0. The van der Waals surface area contributed by atoms with Gasteiger partial charge in [0, 0.05) is 38.0 Å². The molecule has 7 nitrogen and oxygen atoms in total. The Hall–Kier alpha value is -2.69. The van der Waals surface area contributed by atoms with E-state index < -0.39 is 0 Å². The number of aryl methyl sites for hydroxylation is 1. The third-order valence-electron chi connectivity index (χ3n) is 5.54. The lowest BCUT2D eigenvalue weighted by molar-refractivity contribution is 0.261. The molecule has 176 valence electrons. The van der Waals surface area contributed by atoms with E-state index in [1.165, 1.54) is 6.07 Å². The van der Waals surface area contributed by atoms with E-state index in [0.717, 1.165) is 36.5 Å². The maximum Gasteiger partial charge on any atom is 0.191 e. The van der Waals surface area contributed by atoms with E-state index >= 15 is 0 Å². The molecule has 1 aliphatic rings. The Morgan fingerprint density at radius 1 is 1.21 bits per heavy atom. The molecule has 0 saturated heterocycles. The first-order valence-electron chi connectivity index (χ1n) is 11.1. The van der Waals surface area contributed by atoms with E-state index in [4.69, 9.17) is 9.73 Å². The normalized spacial score (nSPS) is 15.2. The van der Waals surface area contributed by atoms with E-state index in [1.54, 1.807) is 18.5 Å². The van der Waals surface area contributed by atoms with Gasteiger partial charge in [-0.25, -0.2) is 4.39 Å². The van der Waals surface area contributed by atoms with E-state index in [-0.39, 0.29) is 35.8 Å². The lowest BCUT2D eigenvalue weighted by atomic mass is 10.0. The predicted octanol–water partition coefficient (Wildman–Crippen LogP) is 3.90. The van der Waals surface area contributed by atoms with Crippen LogP contribution in [0.3, 0.4) is 0 Å². The monoisotopic (exact) mass is 564 g/mol. The summed E-state index contributed by atoms with van der Waals surface area (Å²) in [6.07, 6.45) is 3.96. The Kier molecular flexibility index (Phi) is 9.47. The third kappa shape index (κ3) is 6.66. The Bertz CT molecular complexity index is 1060. The molecule has 1 unspecified atom stereocenters. The average molecular weight is 564 g/mol. The van der Waals surface area contributed by atoms with Crippen LogP contribution in [0.1, 0.15) is 36.3 Å². The van der Waals surface area contributed by atoms with Crippen LogP contribution < -0.4 is 15.4 Å². The van der Waals surface area contributed by atoms with Gasteiger partial charge in [0.1, 0.15) is 23.7 Å². The van der Waals surface area contributed by atoms with Crippen molar-refractivity contribution in [2.75, 3.05) is 19.7 Å². The van der Waals surface area contributed by atoms with Gasteiger partial charge >= 0.3 is 0 Å². The number of aromatic nitrogens is 3. The average Bonchev–Trinajstić information content (AvgIpc) is 3.28. The molecular weight excluding hydrogens is 534 g/mol. The van der Waals surface area contributed by atoms with Crippen molar-refractivity contribution >= 4 is 29.9 Å². The molecule has 2 heterocycles. The maximum absolute atomic E-state index is 14.0. The molecule has 0 radical (unpaired) electrons. The summed E-state index contributed by atoms with van der Waals surface area (Å²) in [6.45, 7) is 4.59. The number of benzene rings is 2. The summed E-state index contributed by atoms with van der Waals surface area (Å²) in [5.41, 5.74) is 1.79. The molecule has 0 fully saturated rings. The summed E-state index contributed by atoms with van der Waals surface area (Å²) >= 11 is 0. The Morgan fingerprint density at radius 2 is 2.03 bits per heavy atom. The summed E-state index contributed by atoms with van der Waals surface area (Å²) in [7, 11) is 0. The van der Waals surface area contributed by atoms with Crippen LogP contribution in [0.5, 0.6) is 5.75 Å². The van der Waals surface area contributed by atoms with Crippen LogP contribution in [0.15, 0.2) is 59.9 Å². The minimum absolute atomic E-state index is 0. The number of rotatable bonds is 8. The topological polar surface area (TPSA) is 76.4 Å². The van der Waals surface area contributed by atoms with Crippen molar-refractivity contribution in [1.82, 2.24) is 25.4 Å². The standard InChI is InChI=1S/C24H29FN6O.HI/c1-2-23-30-28-17-31(23)15-14-27-24(26-13-11-18-7-3-5-9-20(18)25)29-21-12-16-32-22-10-6-4-8-19(21)22;/h3-10,17,21H,2,11-16H2,1H3,(H2,26,27,29);1H. The van der Waals surface area contributed by atoms with Gasteiger partial charge in [0.15, 0.2) is 5.96 Å². The summed E-state index contributed by atoms with van der Waals surface area (Å²) in [4.78, 5) is 4.74. The summed E-state index contributed by atoms with van der Waals surface area (Å²) in [6, 6.07) is 15.0. The molecule has 0 aliphatic carbocycles.